The quantitative estimate of drug-likeness (QED) is 0.568. The fourth-order valence-corrected chi connectivity index (χ4v) is 1.26. The van der Waals surface area contributed by atoms with Crippen molar-refractivity contribution in [1.82, 2.24) is 0 Å². The van der Waals surface area contributed by atoms with Gasteiger partial charge in [0.2, 0.25) is 0 Å². The Morgan fingerprint density at radius 3 is 2.27 bits per heavy atom. The second kappa shape index (κ2) is 4.42. The third kappa shape index (κ3) is 2.78. The molecule has 0 fully saturated rings. The number of aryl methyl sites for hydroxylation is 2. The summed E-state index contributed by atoms with van der Waals surface area (Å²) in [6.07, 6.45) is 0. The maximum absolute atomic E-state index is 12.1. The van der Waals surface area contributed by atoms with Gasteiger partial charge >= 0.3 is 7.47 Å². The average molecular weight is 212 g/mol. The number of rotatable bonds is 3. The maximum atomic E-state index is 12.1. The first-order chi connectivity index (χ1) is 6.91. The molecule has 0 heterocycles. The van der Waals surface area contributed by atoms with Gasteiger partial charge in [-0.3, -0.25) is 4.79 Å². The molecule has 0 radical (unpaired) electrons. The molecule has 1 aromatic carbocycles. The van der Waals surface area contributed by atoms with Crippen LogP contribution in [-0.4, -0.2) is 13.3 Å². The molecule has 0 aliphatic carbocycles. The van der Waals surface area contributed by atoms with Crippen LogP contribution < -0.4 is 4.65 Å². The molecule has 0 N–H and O–H groups in total. The first-order valence-electron chi connectivity index (χ1n) is 4.49. The summed E-state index contributed by atoms with van der Waals surface area (Å²) in [5.74, 6) is -0.339. The van der Waals surface area contributed by atoms with Gasteiger partial charge in [-0.1, -0.05) is 0 Å². The van der Waals surface area contributed by atoms with Crippen LogP contribution in [0.4, 0.5) is 8.63 Å². The zero-order valence-electron chi connectivity index (χ0n) is 8.80. The summed E-state index contributed by atoms with van der Waals surface area (Å²) in [5, 5.41) is 0. The van der Waals surface area contributed by atoms with Crippen molar-refractivity contribution in [2.75, 3.05) is 0 Å². The summed E-state index contributed by atoms with van der Waals surface area (Å²) in [6, 6.07) is 3.02. The normalized spacial score (nSPS) is 9.93. The van der Waals surface area contributed by atoms with Gasteiger partial charge in [-0.25, -0.2) is 8.63 Å². The van der Waals surface area contributed by atoms with Crippen LogP contribution in [0.15, 0.2) is 12.1 Å². The summed E-state index contributed by atoms with van der Waals surface area (Å²) in [6.45, 7) is 4.91. The van der Waals surface area contributed by atoms with Crippen LogP contribution >= 0.6 is 0 Å². The second-order valence-electron chi connectivity index (χ2n) is 3.37. The van der Waals surface area contributed by atoms with E-state index in [0.717, 1.165) is 11.1 Å². The Bertz CT molecular complexity index is 391. The smallest absolute Gasteiger partial charge is 0.505 e. The van der Waals surface area contributed by atoms with E-state index in [4.69, 9.17) is 0 Å². The predicted octanol–water partition coefficient (Wildman–Crippen LogP) is 2.81. The van der Waals surface area contributed by atoms with Crippen molar-refractivity contribution in [3.05, 3.63) is 28.8 Å². The number of ketones is 1. The van der Waals surface area contributed by atoms with Crippen LogP contribution in [0.25, 0.3) is 0 Å². The van der Waals surface area contributed by atoms with Crippen LogP contribution in [-0.2, 0) is 0 Å². The Kier molecular flexibility index (Phi) is 3.45. The molecule has 0 bridgehead atoms. The number of carbonyl (C=O) groups excluding carboxylic acids is 1. The molecule has 0 saturated heterocycles. The first-order valence-corrected chi connectivity index (χ1v) is 4.49. The van der Waals surface area contributed by atoms with E-state index in [-0.39, 0.29) is 17.1 Å². The van der Waals surface area contributed by atoms with Gasteiger partial charge in [0.1, 0.15) is 5.75 Å². The fourth-order valence-electron chi connectivity index (χ4n) is 1.26. The highest BCUT2D eigenvalue weighted by Gasteiger charge is 2.21. The molecule has 0 aliphatic heterocycles. The monoisotopic (exact) mass is 212 g/mol. The first kappa shape index (κ1) is 11.7. The van der Waals surface area contributed by atoms with Crippen molar-refractivity contribution in [3.8, 4) is 5.75 Å². The lowest BCUT2D eigenvalue weighted by atomic mass is 10.0. The number of hydrogen-bond acceptors (Lipinski definition) is 2. The average Bonchev–Trinajstić information content (AvgIpc) is 2.09. The number of carbonyl (C=O) groups is 1. The molecule has 2 nitrogen and oxygen atoms in total. The molecule has 0 aromatic heterocycles. The number of halogens is 2. The van der Waals surface area contributed by atoms with E-state index in [1.807, 2.05) is 6.92 Å². The summed E-state index contributed by atoms with van der Waals surface area (Å²) < 4.78 is 28.4. The number of Topliss-reactive ketones (excluding diaryl/α,β-unsaturated/α-hetero) is 1. The molecule has 0 amide bonds. The molecule has 1 aromatic rings. The lowest BCUT2D eigenvalue weighted by molar-refractivity contribution is 0.101. The molecule has 0 atom stereocenters. The van der Waals surface area contributed by atoms with Gasteiger partial charge in [0, 0.05) is 0 Å². The molecular formula is C10H11BF2O2. The van der Waals surface area contributed by atoms with Crippen molar-refractivity contribution in [1.29, 1.82) is 0 Å². The molecule has 80 valence electrons. The molecular weight excluding hydrogens is 201 g/mol. The molecule has 0 aliphatic rings. The highest BCUT2D eigenvalue weighted by Crippen LogP contribution is 2.24. The van der Waals surface area contributed by atoms with Crippen molar-refractivity contribution >= 4 is 13.3 Å². The van der Waals surface area contributed by atoms with Crippen LogP contribution in [0.1, 0.15) is 28.4 Å². The van der Waals surface area contributed by atoms with Crippen molar-refractivity contribution < 1.29 is 18.1 Å². The molecule has 0 unspecified atom stereocenters. The number of benzene rings is 1. The van der Waals surface area contributed by atoms with Gasteiger partial charge in [0.15, 0.2) is 5.78 Å². The lowest BCUT2D eigenvalue weighted by Gasteiger charge is -2.10. The van der Waals surface area contributed by atoms with Gasteiger partial charge in [0.05, 0.1) is 5.56 Å². The zero-order chi connectivity index (χ0) is 11.6. The van der Waals surface area contributed by atoms with Crippen LogP contribution in [0.5, 0.6) is 5.75 Å². The topological polar surface area (TPSA) is 26.3 Å². The SMILES string of the molecule is CC(=O)c1cc(C)c(C)cc1OB(F)F. The largest absolute Gasteiger partial charge is 0.796 e. The van der Waals surface area contributed by atoms with Crippen LogP contribution in [0.2, 0.25) is 0 Å². The van der Waals surface area contributed by atoms with Crippen molar-refractivity contribution in [2.24, 2.45) is 0 Å². The van der Waals surface area contributed by atoms with E-state index in [9.17, 15) is 13.4 Å². The third-order valence-corrected chi connectivity index (χ3v) is 2.19. The highest BCUT2D eigenvalue weighted by molar-refractivity contribution is 6.35. The Morgan fingerprint density at radius 2 is 1.80 bits per heavy atom. The summed E-state index contributed by atoms with van der Waals surface area (Å²) in [5.41, 5.74) is 1.89. The Labute approximate surface area is 87.5 Å². The van der Waals surface area contributed by atoms with E-state index in [0.29, 0.717) is 0 Å². The van der Waals surface area contributed by atoms with Gasteiger partial charge in [-0.05, 0) is 44.0 Å². The van der Waals surface area contributed by atoms with E-state index in [2.05, 4.69) is 4.65 Å². The maximum Gasteiger partial charge on any atom is 0.796 e. The molecule has 0 saturated carbocycles. The Hall–Kier alpha value is -1.39. The lowest BCUT2D eigenvalue weighted by Crippen LogP contribution is -2.11. The minimum atomic E-state index is -2.91. The van der Waals surface area contributed by atoms with E-state index < -0.39 is 7.47 Å². The summed E-state index contributed by atoms with van der Waals surface area (Å²) >= 11 is 0. The minimum Gasteiger partial charge on any atom is -0.505 e. The summed E-state index contributed by atoms with van der Waals surface area (Å²) in [7, 11) is -2.91. The highest BCUT2D eigenvalue weighted by atomic mass is 19.2. The van der Waals surface area contributed by atoms with Gasteiger partial charge in [-0.15, -0.1) is 0 Å². The molecule has 1 rings (SSSR count). The predicted molar refractivity (Wildman–Crippen MR) is 54.5 cm³/mol. The van der Waals surface area contributed by atoms with Gasteiger partial charge in [0.25, 0.3) is 0 Å². The van der Waals surface area contributed by atoms with E-state index in [1.54, 1.807) is 13.0 Å². The standard InChI is InChI=1S/C10H11BF2O2/c1-6-4-9(8(3)14)10(5-7(6)2)15-11(12)13/h4-5H,1-3H3. The Balaban J connectivity index is 3.22. The minimum absolute atomic E-state index is 0.0550. The molecule has 0 spiro atoms. The Morgan fingerprint density at radius 1 is 1.27 bits per heavy atom. The van der Waals surface area contributed by atoms with Crippen LogP contribution in [0, 0.1) is 13.8 Å². The number of hydrogen-bond donors (Lipinski definition) is 0. The van der Waals surface area contributed by atoms with Crippen molar-refractivity contribution in [2.45, 2.75) is 20.8 Å². The van der Waals surface area contributed by atoms with E-state index in [1.165, 1.54) is 13.0 Å². The summed E-state index contributed by atoms with van der Waals surface area (Å²) in [4.78, 5) is 11.2. The molecule has 15 heavy (non-hydrogen) atoms. The van der Waals surface area contributed by atoms with Crippen molar-refractivity contribution in [3.63, 3.8) is 0 Å². The van der Waals surface area contributed by atoms with Crippen LogP contribution in [0.3, 0.4) is 0 Å². The third-order valence-electron chi connectivity index (χ3n) is 2.19. The zero-order valence-corrected chi connectivity index (χ0v) is 8.80. The van der Waals surface area contributed by atoms with Gasteiger partial charge < -0.3 is 4.65 Å². The fraction of sp³-hybridized carbons (Fsp3) is 0.300. The molecule has 5 heteroatoms. The van der Waals surface area contributed by atoms with E-state index >= 15 is 0 Å². The van der Waals surface area contributed by atoms with Gasteiger partial charge in [-0.2, -0.15) is 0 Å². The second-order valence-corrected chi connectivity index (χ2v) is 3.37.